The normalized spacial score (nSPS) is 14.3. The first-order valence-electron chi connectivity index (χ1n) is 4.51. The van der Waals surface area contributed by atoms with Crippen LogP contribution in [0.15, 0.2) is 5.18 Å². The van der Waals surface area contributed by atoms with E-state index >= 15 is 0 Å². The lowest BCUT2D eigenvalue weighted by atomic mass is 10.4. The van der Waals surface area contributed by atoms with Gasteiger partial charge in [-0.1, -0.05) is 5.18 Å². The molecule has 0 fully saturated rings. The minimum atomic E-state index is -1.04. The van der Waals surface area contributed by atoms with Gasteiger partial charge in [-0.3, -0.25) is 0 Å². The summed E-state index contributed by atoms with van der Waals surface area (Å²) in [5.41, 5.74) is 0. The number of aliphatic hydroxyl groups is 2. The molecule has 0 aromatic heterocycles. The molecule has 0 spiro atoms. The molecule has 0 radical (unpaired) electrons. The fraction of sp³-hybridized carbons (Fsp3) is 0.875. The van der Waals surface area contributed by atoms with Crippen LogP contribution in [0.5, 0.6) is 0 Å². The number of hydrogen-bond donors (Lipinski definition) is 2. The first-order chi connectivity index (χ1) is 7.15. The summed E-state index contributed by atoms with van der Waals surface area (Å²) in [5.74, 6) is -0.250. The van der Waals surface area contributed by atoms with Gasteiger partial charge in [0.15, 0.2) is 6.04 Å². The molecule has 0 rings (SSSR count). The van der Waals surface area contributed by atoms with Crippen molar-refractivity contribution in [3.8, 4) is 0 Å². The number of rotatable bonds is 8. The number of nitroso groups, excluding NO2 is 1. The molecule has 0 saturated heterocycles. The highest BCUT2D eigenvalue weighted by molar-refractivity contribution is 7.99. The van der Waals surface area contributed by atoms with Gasteiger partial charge in [0.1, 0.15) is 0 Å². The molecule has 2 N–H and O–H groups in total. The van der Waals surface area contributed by atoms with Crippen LogP contribution >= 0.6 is 11.8 Å². The van der Waals surface area contributed by atoms with Crippen LogP contribution in [-0.2, 0) is 9.53 Å². The van der Waals surface area contributed by atoms with E-state index in [0.29, 0.717) is 0 Å². The predicted molar refractivity (Wildman–Crippen MR) is 56.6 cm³/mol. The van der Waals surface area contributed by atoms with E-state index in [0.717, 1.165) is 0 Å². The molecule has 0 aliphatic heterocycles. The van der Waals surface area contributed by atoms with E-state index in [1.165, 1.54) is 11.8 Å². The topological polar surface area (TPSA) is 96.2 Å². The third-order valence-corrected chi connectivity index (χ3v) is 2.65. The second kappa shape index (κ2) is 8.63. The number of thioether (sulfide) groups is 1. The van der Waals surface area contributed by atoms with Gasteiger partial charge in [0.05, 0.1) is 19.3 Å². The van der Waals surface area contributed by atoms with Crippen LogP contribution in [0.1, 0.15) is 6.92 Å². The Morgan fingerprint density at radius 1 is 1.53 bits per heavy atom. The van der Waals surface area contributed by atoms with Crippen LogP contribution in [-0.4, -0.2) is 53.0 Å². The standard InChI is InChI=1S/C8H15NO5S/c1-2-14-8(12)7(9-13)5-15-4-6(11)3-10/h6-7,10-11H,2-5H2,1H3. The van der Waals surface area contributed by atoms with Crippen molar-refractivity contribution in [3.05, 3.63) is 4.91 Å². The molecule has 0 heterocycles. The molecule has 6 nitrogen and oxygen atoms in total. The van der Waals surface area contributed by atoms with Crippen LogP contribution in [0.4, 0.5) is 0 Å². The number of ether oxygens (including phenoxy) is 1. The summed E-state index contributed by atoms with van der Waals surface area (Å²) in [5, 5.41) is 20.1. The zero-order valence-corrected chi connectivity index (χ0v) is 9.27. The lowest BCUT2D eigenvalue weighted by Gasteiger charge is -2.09. The van der Waals surface area contributed by atoms with Crippen molar-refractivity contribution in [1.29, 1.82) is 0 Å². The van der Waals surface area contributed by atoms with Gasteiger partial charge < -0.3 is 14.9 Å². The number of esters is 1. The minimum absolute atomic E-state index is 0.152. The number of carbonyl (C=O) groups excluding carboxylic acids is 1. The fourth-order valence-corrected chi connectivity index (χ4v) is 1.68. The lowest BCUT2D eigenvalue weighted by Crippen LogP contribution is -2.25. The average molecular weight is 237 g/mol. The predicted octanol–water partition coefficient (Wildman–Crippen LogP) is -0.229. The summed E-state index contributed by atoms with van der Waals surface area (Å²) in [6, 6.07) is -1.04. The van der Waals surface area contributed by atoms with Crippen molar-refractivity contribution in [2.24, 2.45) is 5.18 Å². The summed E-state index contributed by atoms with van der Waals surface area (Å²) in [4.78, 5) is 21.4. The first kappa shape index (κ1) is 14.3. The van der Waals surface area contributed by atoms with Crippen molar-refractivity contribution in [3.63, 3.8) is 0 Å². The van der Waals surface area contributed by atoms with E-state index in [-0.39, 0.29) is 24.7 Å². The van der Waals surface area contributed by atoms with Gasteiger partial charge in [0, 0.05) is 11.5 Å². The molecular formula is C8H15NO5S. The Balaban J connectivity index is 3.80. The SMILES string of the molecule is CCOC(=O)C(CSCC(O)CO)N=O. The van der Waals surface area contributed by atoms with E-state index in [1.807, 2.05) is 0 Å². The molecule has 2 unspecified atom stereocenters. The summed E-state index contributed by atoms with van der Waals surface area (Å²) >= 11 is 1.17. The van der Waals surface area contributed by atoms with Gasteiger partial charge >= 0.3 is 5.97 Å². The second-order valence-electron chi connectivity index (χ2n) is 2.75. The number of carbonyl (C=O) groups is 1. The van der Waals surface area contributed by atoms with Gasteiger partial charge in [-0.25, -0.2) is 4.79 Å². The van der Waals surface area contributed by atoms with Gasteiger partial charge in [0.25, 0.3) is 0 Å². The molecule has 7 heteroatoms. The minimum Gasteiger partial charge on any atom is -0.464 e. The van der Waals surface area contributed by atoms with Crippen LogP contribution in [0, 0.1) is 4.91 Å². The zero-order chi connectivity index (χ0) is 11.7. The summed E-state index contributed by atoms with van der Waals surface area (Å²) in [6.45, 7) is 1.50. The van der Waals surface area contributed by atoms with Crippen LogP contribution in [0.2, 0.25) is 0 Å². The van der Waals surface area contributed by atoms with Crippen molar-refractivity contribution in [1.82, 2.24) is 0 Å². The van der Waals surface area contributed by atoms with Crippen LogP contribution in [0.3, 0.4) is 0 Å². The van der Waals surface area contributed by atoms with E-state index in [4.69, 9.17) is 10.2 Å². The maximum absolute atomic E-state index is 11.1. The average Bonchev–Trinajstić information content (AvgIpc) is 2.24. The second-order valence-corrected chi connectivity index (χ2v) is 3.82. The summed E-state index contributed by atoms with van der Waals surface area (Å²) < 4.78 is 4.62. The van der Waals surface area contributed by atoms with Gasteiger partial charge in [-0.2, -0.15) is 11.8 Å². The maximum atomic E-state index is 11.1. The number of nitrogens with zero attached hydrogens (tertiary/aromatic N) is 1. The fourth-order valence-electron chi connectivity index (χ4n) is 0.748. The quantitative estimate of drug-likeness (QED) is 0.447. The van der Waals surface area contributed by atoms with Crippen LogP contribution < -0.4 is 0 Å². The molecule has 0 bridgehead atoms. The Morgan fingerprint density at radius 2 is 2.20 bits per heavy atom. The van der Waals surface area contributed by atoms with E-state index in [9.17, 15) is 9.70 Å². The van der Waals surface area contributed by atoms with E-state index < -0.39 is 18.1 Å². The Kier molecular flexibility index (Phi) is 8.25. The summed E-state index contributed by atoms with van der Waals surface area (Å²) in [7, 11) is 0. The third-order valence-electron chi connectivity index (χ3n) is 1.48. The van der Waals surface area contributed by atoms with E-state index in [2.05, 4.69) is 9.91 Å². The Hall–Kier alpha value is -0.660. The van der Waals surface area contributed by atoms with Gasteiger partial charge in [0.2, 0.25) is 0 Å². The zero-order valence-electron chi connectivity index (χ0n) is 8.46. The van der Waals surface area contributed by atoms with Crippen molar-refractivity contribution in [2.45, 2.75) is 19.1 Å². The Bertz CT molecular complexity index is 201. The van der Waals surface area contributed by atoms with Gasteiger partial charge in [-0.15, -0.1) is 4.91 Å². The molecule has 15 heavy (non-hydrogen) atoms. The molecular weight excluding hydrogens is 222 g/mol. The molecule has 0 aliphatic rings. The highest BCUT2D eigenvalue weighted by Crippen LogP contribution is 2.09. The monoisotopic (exact) mass is 237 g/mol. The van der Waals surface area contributed by atoms with Crippen molar-refractivity contribution < 1.29 is 19.7 Å². The smallest absolute Gasteiger partial charge is 0.335 e. The number of hydrogen-bond acceptors (Lipinski definition) is 7. The largest absolute Gasteiger partial charge is 0.464 e. The maximum Gasteiger partial charge on any atom is 0.335 e. The number of aliphatic hydroxyl groups excluding tert-OH is 2. The molecule has 0 amide bonds. The molecule has 2 atom stereocenters. The van der Waals surface area contributed by atoms with Crippen molar-refractivity contribution in [2.75, 3.05) is 24.7 Å². The molecule has 0 aliphatic carbocycles. The van der Waals surface area contributed by atoms with Crippen LogP contribution in [0.25, 0.3) is 0 Å². The highest BCUT2D eigenvalue weighted by Gasteiger charge is 2.20. The third kappa shape index (κ3) is 6.43. The van der Waals surface area contributed by atoms with Gasteiger partial charge in [-0.05, 0) is 6.92 Å². The molecule has 0 aromatic carbocycles. The van der Waals surface area contributed by atoms with E-state index in [1.54, 1.807) is 6.92 Å². The highest BCUT2D eigenvalue weighted by atomic mass is 32.2. The molecule has 0 aromatic rings. The Labute approximate surface area is 92.0 Å². The molecule has 88 valence electrons. The lowest BCUT2D eigenvalue weighted by molar-refractivity contribution is -0.144. The Morgan fingerprint density at radius 3 is 2.67 bits per heavy atom. The molecule has 0 saturated carbocycles. The first-order valence-corrected chi connectivity index (χ1v) is 5.66. The van der Waals surface area contributed by atoms with Crippen molar-refractivity contribution >= 4 is 17.7 Å². The summed E-state index contributed by atoms with van der Waals surface area (Å²) in [6.07, 6.45) is -0.843.